The molecule has 1 saturated heterocycles. The standard InChI is InChI=1S/C15H15IN2O3/c16-10-4-6-11(7-5-10)18-13(20)15(8-2-1-3-9-15)12(19)17-14(18)21/h4-7H,1-3,8-9H2,(H,17,19,21). The van der Waals surface area contributed by atoms with Gasteiger partial charge in [-0.1, -0.05) is 19.3 Å². The van der Waals surface area contributed by atoms with Gasteiger partial charge in [-0.25, -0.2) is 9.69 Å². The monoisotopic (exact) mass is 398 g/mol. The molecule has 110 valence electrons. The van der Waals surface area contributed by atoms with Gasteiger partial charge in [-0.3, -0.25) is 14.9 Å². The largest absolute Gasteiger partial charge is 0.335 e. The number of halogens is 1. The first-order chi connectivity index (χ1) is 10.0. The van der Waals surface area contributed by atoms with E-state index in [2.05, 4.69) is 27.9 Å². The second-order valence-corrected chi connectivity index (χ2v) is 6.76. The van der Waals surface area contributed by atoms with E-state index in [1.165, 1.54) is 0 Å². The van der Waals surface area contributed by atoms with Crippen LogP contribution in [0.5, 0.6) is 0 Å². The topological polar surface area (TPSA) is 66.5 Å². The SMILES string of the molecule is O=C1NC(=O)C2(CCCCC2)C(=O)N1c1ccc(I)cc1. The summed E-state index contributed by atoms with van der Waals surface area (Å²) in [6, 6.07) is 6.47. The van der Waals surface area contributed by atoms with Gasteiger partial charge in [0.25, 0.3) is 5.91 Å². The Balaban J connectivity index is 2.00. The number of nitrogens with zero attached hydrogens (tertiary/aromatic N) is 1. The van der Waals surface area contributed by atoms with Crippen molar-refractivity contribution in [3.63, 3.8) is 0 Å². The molecule has 21 heavy (non-hydrogen) atoms. The van der Waals surface area contributed by atoms with E-state index in [1.807, 2.05) is 12.1 Å². The zero-order chi connectivity index (χ0) is 15.0. The number of rotatable bonds is 1. The van der Waals surface area contributed by atoms with E-state index >= 15 is 0 Å². The molecule has 1 aliphatic carbocycles. The van der Waals surface area contributed by atoms with E-state index in [4.69, 9.17) is 0 Å². The average molecular weight is 398 g/mol. The Hall–Kier alpha value is -1.44. The maximum Gasteiger partial charge on any atom is 0.335 e. The van der Waals surface area contributed by atoms with E-state index in [1.54, 1.807) is 12.1 Å². The van der Waals surface area contributed by atoms with Crippen LogP contribution in [-0.2, 0) is 9.59 Å². The van der Waals surface area contributed by atoms with Crippen molar-refractivity contribution in [2.24, 2.45) is 5.41 Å². The summed E-state index contributed by atoms with van der Waals surface area (Å²) in [5.74, 6) is -0.809. The van der Waals surface area contributed by atoms with Crippen molar-refractivity contribution in [1.29, 1.82) is 0 Å². The van der Waals surface area contributed by atoms with Crippen molar-refractivity contribution < 1.29 is 14.4 Å². The number of amides is 4. The maximum absolute atomic E-state index is 12.9. The fourth-order valence-electron chi connectivity index (χ4n) is 3.10. The number of carbonyl (C=O) groups is 3. The number of nitrogens with one attached hydrogen (secondary N) is 1. The van der Waals surface area contributed by atoms with E-state index < -0.39 is 17.4 Å². The van der Waals surface area contributed by atoms with Crippen molar-refractivity contribution >= 4 is 46.1 Å². The second-order valence-electron chi connectivity index (χ2n) is 5.52. The van der Waals surface area contributed by atoms with Crippen LogP contribution in [0.25, 0.3) is 0 Å². The number of imide groups is 2. The molecule has 0 aromatic heterocycles. The molecular formula is C15H15IN2O3. The number of hydrogen-bond acceptors (Lipinski definition) is 3. The maximum atomic E-state index is 12.9. The Morgan fingerprint density at radius 1 is 1.00 bits per heavy atom. The number of benzene rings is 1. The molecule has 3 rings (SSSR count). The molecule has 2 fully saturated rings. The van der Waals surface area contributed by atoms with E-state index in [9.17, 15) is 14.4 Å². The molecule has 6 heteroatoms. The molecule has 0 radical (unpaired) electrons. The van der Waals surface area contributed by atoms with Crippen LogP contribution in [0.1, 0.15) is 32.1 Å². The lowest BCUT2D eigenvalue weighted by Crippen LogP contribution is -2.64. The summed E-state index contributed by atoms with van der Waals surface area (Å²) in [6.07, 6.45) is 3.75. The molecule has 4 amide bonds. The lowest BCUT2D eigenvalue weighted by molar-refractivity contribution is -0.144. The predicted molar refractivity (Wildman–Crippen MR) is 85.7 cm³/mol. The molecule has 1 saturated carbocycles. The Kier molecular flexibility index (Phi) is 3.73. The van der Waals surface area contributed by atoms with Gasteiger partial charge >= 0.3 is 6.03 Å². The second kappa shape index (κ2) is 5.40. The van der Waals surface area contributed by atoms with Gasteiger partial charge < -0.3 is 0 Å². The van der Waals surface area contributed by atoms with Gasteiger partial charge in [0.1, 0.15) is 5.41 Å². The summed E-state index contributed by atoms with van der Waals surface area (Å²) in [5, 5.41) is 2.36. The minimum Gasteiger partial charge on any atom is -0.276 e. The molecule has 1 aromatic rings. The van der Waals surface area contributed by atoms with Crippen molar-refractivity contribution in [1.82, 2.24) is 5.32 Å². The quantitative estimate of drug-likeness (QED) is 0.585. The Morgan fingerprint density at radius 3 is 2.24 bits per heavy atom. The summed E-state index contributed by atoms with van der Waals surface area (Å²) >= 11 is 2.16. The highest BCUT2D eigenvalue weighted by molar-refractivity contribution is 14.1. The molecule has 0 unspecified atom stereocenters. The van der Waals surface area contributed by atoms with Gasteiger partial charge in [0, 0.05) is 3.57 Å². The van der Waals surface area contributed by atoms with Crippen LogP contribution in [0.4, 0.5) is 10.5 Å². The predicted octanol–water partition coefficient (Wildman–Crippen LogP) is 2.82. The Morgan fingerprint density at radius 2 is 1.62 bits per heavy atom. The minimum atomic E-state index is -1.06. The molecule has 5 nitrogen and oxygen atoms in total. The summed E-state index contributed by atoms with van der Waals surface area (Å²) < 4.78 is 1.02. The highest BCUT2D eigenvalue weighted by Crippen LogP contribution is 2.41. The van der Waals surface area contributed by atoms with Crippen LogP contribution < -0.4 is 10.2 Å². The van der Waals surface area contributed by atoms with Gasteiger partial charge in [-0.15, -0.1) is 0 Å². The van der Waals surface area contributed by atoms with Gasteiger partial charge in [0.05, 0.1) is 5.69 Å². The lowest BCUT2D eigenvalue weighted by atomic mass is 9.71. The molecule has 1 heterocycles. The van der Waals surface area contributed by atoms with Crippen molar-refractivity contribution in [3.05, 3.63) is 27.8 Å². The van der Waals surface area contributed by atoms with Gasteiger partial charge in [0.2, 0.25) is 5.91 Å². The Labute approximate surface area is 136 Å². The smallest absolute Gasteiger partial charge is 0.276 e. The number of barbiturate groups is 1. The highest BCUT2D eigenvalue weighted by Gasteiger charge is 2.54. The lowest BCUT2D eigenvalue weighted by Gasteiger charge is -2.41. The molecule has 1 spiro atoms. The molecular weight excluding hydrogens is 383 g/mol. The molecule has 0 bridgehead atoms. The molecule has 1 aliphatic heterocycles. The van der Waals surface area contributed by atoms with Crippen LogP contribution in [-0.4, -0.2) is 17.8 Å². The number of urea groups is 1. The number of carbonyl (C=O) groups excluding carboxylic acids is 3. The molecule has 1 N–H and O–H groups in total. The fourth-order valence-corrected chi connectivity index (χ4v) is 3.46. The summed E-state index contributed by atoms with van der Waals surface area (Å²) in [4.78, 5) is 38.3. The molecule has 2 aliphatic rings. The van der Waals surface area contributed by atoms with E-state index in [0.29, 0.717) is 18.5 Å². The van der Waals surface area contributed by atoms with Crippen LogP contribution in [0.3, 0.4) is 0 Å². The normalized spacial score (nSPS) is 21.6. The zero-order valence-corrected chi connectivity index (χ0v) is 13.6. The fraction of sp³-hybridized carbons (Fsp3) is 0.400. The van der Waals surface area contributed by atoms with Crippen molar-refractivity contribution in [3.8, 4) is 0 Å². The van der Waals surface area contributed by atoms with Gasteiger partial charge in [-0.2, -0.15) is 0 Å². The minimum absolute atomic E-state index is 0.378. The Bertz CT molecular complexity index is 606. The zero-order valence-electron chi connectivity index (χ0n) is 11.4. The van der Waals surface area contributed by atoms with Crippen molar-refractivity contribution in [2.45, 2.75) is 32.1 Å². The third-order valence-electron chi connectivity index (χ3n) is 4.26. The van der Waals surface area contributed by atoms with Crippen LogP contribution >= 0.6 is 22.6 Å². The average Bonchev–Trinajstić information content (AvgIpc) is 2.48. The van der Waals surface area contributed by atoms with E-state index in [0.717, 1.165) is 27.7 Å². The summed E-state index contributed by atoms with van der Waals surface area (Å²) in [7, 11) is 0. The molecule has 0 atom stereocenters. The number of hydrogen-bond donors (Lipinski definition) is 1. The van der Waals surface area contributed by atoms with E-state index in [-0.39, 0.29) is 5.91 Å². The van der Waals surface area contributed by atoms with Crippen LogP contribution in [0, 0.1) is 8.99 Å². The van der Waals surface area contributed by atoms with Crippen LogP contribution in [0.2, 0.25) is 0 Å². The first kappa shape index (κ1) is 14.5. The third kappa shape index (κ3) is 2.35. The van der Waals surface area contributed by atoms with Crippen LogP contribution in [0.15, 0.2) is 24.3 Å². The van der Waals surface area contributed by atoms with Crippen molar-refractivity contribution in [2.75, 3.05) is 4.90 Å². The number of anilines is 1. The highest BCUT2D eigenvalue weighted by atomic mass is 127. The summed E-state index contributed by atoms with van der Waals surface area (Å²) in [6.45, 7) is 0. The van der Waals surface area contributed by atoms with Gasteiger partial charge in [0.15, 0.2) is 0 Å². The first-order valence-corrected chi connectivity index (χ1v) is 8.08. The summed E-state index contributed by atoms with van der Waals surface area (Å²) in [5.41, 5.74) is -0.551. The third-order valence-corrected chi connectivity index (χ3v) is 4.98. The molecule has 1 aromatic carbocycles. The van der Waals surface area contributed by atoms with Gasteiger partial charge in [-0.05, 0) is 59.7 Å². The first-order valence-electron chi connectivity index (χ1n) is 7.00.